The molecule has 1 aromatic carbocycles. The van der Waals surface area contributed by atoms with E-state index < -0.39 is 6.29 Å². The average molecular weight is 303 g/mol. The summed E-state index contributed by atoms with van der Waals surface area (Å²) in [6.07, 6.45) is 4.08. The van der Waals surface area contributed by atoms with Gasteiger partial charge in [-0.3, -0.25) is 5.21 Å². The Labute approximate surface area is 132 Å². The second-order valence-corrected chi connectivity index (χ2v) is 5.67. The van der Waals surface area contributed by atoms with Crippen LogP contribution in [0.5, 0.6) is 0 Å². The number of rotatable bonds is 7. The van der Waals surface area contributed by atoms with Crippen LogP contribution in [-0.4, -0.2) is 23.5 Å². The van der Waals surface area contributed by atoms with Gasteiger partial charge in [0.05, 0.1) is 5.92 Å². The summed E-state index contributed by atoms with van der Waals surface area (Å²) >= 11 is 0. The van der Waals surface area contributed by atoms with Crippen LogP contribution in [0.3, 0.4) is 0 Å². The van der Waals surface area contributed by atoms with Crippen molar-refractivity contribution in [3.8, 4) is 0 Å². The fourth-order valence-electron chi connectivity index (χ4n) is 2.92. The highest BCUT2D eigenvalue weighted by atomic mass is 16.9. The predicted octanol–water partition coefficient (Wildman–Crippen LogP) is 4.02. The lowest BCUT2D eigenvalue weighted by molar-refractivity contribution is -0.775. The van der Waals surface area contributed by atoms with Gasteiger partial charge in [-0.1, -0.05) is 49.8 Å². The molecule has 0 N–H and O–H groups in total. The van der Waals surface area contributed by atoms with Gasteiger partial charge in [-0.15, -0.1) is 6.58 Å². The molecule has 0 amide bonds. The van der Waals surface area contributed by atoms with Crippen LogP contribution >= 0.6 is 0 Å². The maximum Gasteiger partial charge on any atom is 0.226 e. The Balaban J connectivity index is 2.29. The highest BCUT2D eigenvalue weighted by Crippen LogP contribution is 2.36. The number of unbranched alkanes of at least 4 members (excludes halogenated alkanes) is 1. The van der Waals surface area contributed by atoms with E-state index in [0.717, 1.165) is 24.8 Å². The smallest absolute Gasteiger partial charge is 0.226 e. The van der Waals surface area contributed by atoms with Crippen molar-refractivity contribution in [3.63, 3.8) is 0 Å². The number of allylic oxidation sites excluding steroid dienone is 1. The molecule has 0 aliphatic carbocycles. The van der Waals surface area contributed by atoms with E-state index in [1.807, 2.05) is 43.3 Å². The van der Waals surface area contributed by atoms with E-state index in [2.05, 4.69) is 13.5 Å². The molecule has 0 spiro atoms. The van der Waals surface area contributed by atoms with E-state index in [0.29, 0.717) is 17.2 Å². The number of benzene rings is 1. The Morgan fingerprint density at radius 1 is 1.36 bits per heavy atom. The normalized spacial score (nSPS) is 24.9. The van der Waals surface area contributed by atoms with Crippen LogP contribution in [0.4, 0.5) is 0 Å². The minimum Gasteiger partial charge on any atom is -0.372 e. The molecule has 4 nitrogen and oxygen atoms in total. The first kappa shape index (κ1) is 16.6. The summed E-state index contributed by atoms with van der Waals surface area (Å²) < 4.78 is 5.83. The highest BCUT2D eigenvalue weighted by molar-refractivity contribution is 5.85. The maximum atomic E-state index is 12.1. The lowest BCUT2D eigenvalue weighted by Gasteiger charge is -2.37. The third-order valence-corrected chi connectivity index (χ3v) is 4.09. The van der Waals surface area contributed by atoms with Crippen LogP contribution in [0.15, 0.2) is 43.0 Å². The van der Waals surface area contributed by atoms with E-state index >= 15 is 0 Å². The van der Waals surface area contributed by atoms with Crippen molar-refractivity contribution < 1.29 is 14.5 Å². The Morgan fingerprint density at radius 2 is 2.09 bits per heavy atom. The van der Waals surface area contributed by atoms with Crippen LogP contribution in [-0.2, 0) is 9.57 Å². The van der Waals surface area contributed by atoms with Crippen molar-refractivity contribution in [2.75, 3.05) is 6.61 Å². The summed E-state index contributed by atoms with van der Waals surface area (Å²) in [5.41, 5.74) is 1.77. The summed E-state index contributed by atoms with van der Waals surface area (Å²) in [6, 6.07) is 10.1. The van der Waals surface area contributed by atoms with Gasteiger partial charge >= 0.3 is 0 Å². The summed E-state index contributed by atoms with van der Waals surface area (Å²) in [5, 5.41) is 12.1. The molecule has 120 valence electrons. The summed E-state index contributed by atoms with van der Waals surface area (Å²) in [4.78, 5) is 6.05. The van der Waals surface area contributed by atoms with Crippen molar-refractivity contribution >= 4 is 5.71 Å². The Kier molecular flexibility index (Phi) is 6.01. The molecule has 0 saturated carbocycles. The first-order valence-corrected chi connectivity index (χ1v) is 7.94. The maximum absolute atomic E-state index is 12.1. The molecule has 0 unspecified atom stereocenters. The van der Waals surface area contributed by atoms with Crippen LogP contribution in [0.2, 0.25) is 0 Å². The largest absolute Gasteiger partial charge is 0.372 e. The molecule has 22 heavy (non-hydrogen) atoms. The number of ether oxygens (including phenoxy) is 1. The van der Waals surface area contributed by atoms with Gasteiger partial charge in [0.15, 0.2) is 6.29 Å². The molecule has 3 atom stereocenters. The average Bonchev–Trinajstić information content (AvgIpc) is 2.53. The van der Waals surface area contributed by atoms with Crippen molar-refractivity contribution in [1.82, 2.24) is 0 Å². The molecule has 0 bridgehead atoms. The molecule has 1 heterocycles. The van der Waals surface area contributed by atoms with Gasteiger partial charge < -0.3 is 9.57 Å². The fraction of sp³-hybridized carbons (Fsp3) is 0.500. The highest BCUT2D eigenvalue weighted by Gasteiger charge is 2.40. The first-order chi connectivity index (χ1) is 10.7. The monoisotopic (exact) mass is 303 g/mol. The molecule has 1 aliphatic rings. The van der Waals surface area contributed by atoms with Crippen molar-refractivity contribution in [2.45, 2.75) is 45.3 Å². The number of hydrogen-bond donors (Lipinski definition) is 0. The number of nitrogens with zero attached hydrogens (tertiary/aromatic N) is 1. The SMILES string of the molecule is C=CC[C@H]1[C@H](OCCCC)O[N+]([O-])=C(C)[C@H]1c1ccccc1. The molecule has 1 aliphatic heterocycles. The standard InChI is InChI=1S/C18H25NO3/c1-4-6-13-21-18-16(10-5-2)17(14(3)19(20)22-18)15-11-8-7-9-12-15/h5,7-9,11-12,16-18H,2,4,6,10,13H2,1,3H3/t16-,17+,18-/m1/s1. The van der Waals surface area contributed by atoms with E-state index in [-0.39, 0.29) is 11.8 Å². The molecule has 4 heteroatoms. The lowest BCUT2D eigenvalue weighted by atomic mass is 9.80. The second-order valence-electron chi connectivity index (χ2n) is 5.67. The Hall–Kier alpha value is -1.81. The molecule has 0 aromatic heterocycles. The fourth-order valence-corrected chi connectivity index (χ4v) is 2.92. The summed E-state index contributed by atoms with van der Waals surface area (Å²) in [7, 11) is 0. The Bertz CT molecular complexity index is 512. The third-order valence-electron chi connectivity index (χ3n) is 4.09. The molecule has 0 fully saturated rings. The van der Waals surface area contributed by atoms with Crippen molar-refractivity contribution in [1.29, 1.82) is 0 Å². The van der Waals surface area contributed by atoms with Crippen molar-refractivity contribution in [2.24, 2.45) is 5.92 Å². The zero-order chi connectivity index (χ0) is 15.9. The molecule has 1 aromatic rings. The van der Waals surface area contributed by atoms with Gasteiger partial charge in [0, 0.05) is 24.4 Å². The van der Waals surface area contributed by atoms with Crippen LogP contribution < -0.4 is 0 Å². The van der Waals surface area contributed by atoms with Gasteiger partial charge in [-0.25, -0.2) is 0 Å². The zero-order valence-electron chi connectivity index (χ0n) is 13.4. The summed E-state index contributed by atoms with van der Waals surface area (Å²) in [6.45, 7) is 8.38. The van der Waals surface area contributed by atoms with Gasteiger partial charge in [-0.2, -0.15) is 0 Å². The lowest BCUT2D eigenvalue weighted by Crippen LogP contribution is -2.43. The van der Waals surface area contributed by atoms with E-state index in [9.17, 15) is 5.21 Å². The molecular formula is C18H25NO3. The summed E-state index contributed by atoms with van der Waals surface area (Å²) in [5.74, 6) is 0.0408. The predicted molar refractivity (Wildman–Crippen MR) is 87.5 cm³/mol. The van der Waals surface area contributed by atoms with Gasteiger partial charge in [0.25, 0.3) is 0 Å². The van der Waals surface area contributed by atoms with E-state index in [1.165, 1.54) is 0 Å². The zero-order valence-corrected chi connectivity index (χ0v) is 13.4. The molecule has 0 radical (unpaired) electrons. The quantitative estimate of drug-likeness (QED) is 0.434. The Morgan fingerprint density at radius 3 is 2.73 bits per heavy atom. The number of hydrogen-bond acceptors (Lipinski definition) is 3. The minimum atomic E-state index is -0.532. The van der Waals surface area contributed by atoms with Crippen molar-refractivity contribution in [3.05, 3.63) is 53.8 Å². The minimum absolute atomic E-state index is 0.0166. The van der Waals surface area contributed by atoms with E-state index in [4.69, 9.17) is 9.57 Å². The molecule has 0 saturated heterocycles. The van der Waals surface area contributed by atoms with Crippen LogP contribution in [0.1, 0.15) is 44.6 Å². The molecule has 2 rings (SSSR count). The van der Waals surface area contributed by atoms with Gasteiger partial charge in [-0.05, 0) is 18.4 Å². The van der Waals surface area contributed by atoms with Crippen LogP contribution in [0.25, 0.3) is 0 Å². The molecular weight excluding hydrogens is 278 g/mol. The third kappa shape index (κ3) is 3.69. The van der Waals surface area contributed by atoms with Gasteiger partial charge in [0.1, 0.15) is 0 Å². The first-order valence-electron chi connectivity index (χ1n) is 7.94. The second kappa shape index (κ2) is 7.99. The van der Waals surface area contributed by atoms with E-state index in [1.54, 1.807) is 0 Å². The topological polar surface area (TPSA) is 44.5 Å². The van der Waals surface area contributed by atoms with Gasteiger partial charge in [0.2, 0.25) is 5.71 Å². The van der Waals surface area contributed by atoms with Crippen LogP contribution in [0, 0.1) is 11.1 Å².